The molecule has 0 fully saturated rings. The molecule has 0 spiro atoms. The Morgan fingerprint density at radius 1 is 1.40 bits per heavy atom. The zero-order chi connectivity index (χ0) is 10.7. The summed E-state index contributed by atoms with van der Waals surface area (Å²) in [5, 5.41) is 10.4. The van der Waals surface area contributed by atoms with Crippen LogP contribution in [0.3, 0.4) is 0 Å². The Balaban J connectivity index is 2.11. The van der Waals surface area contributed by atoms with Crippen LogP contribution in [0.4, 0.5) is 0 Å². The van der Waals surface area contributed by atoms with Gasteiger partial charge in [0.1, 0.15) is 0 Å². The number of benzene rings is 1. The highest BCUT2D eigenvalue weighted by Gasteiger charge is 2.20. The van der Waals surface area contributed by atoms with Gasteiger partial charge in [0.2, 0.25) is 6.54 Å². The molecule has 2 rings (SSSR count). The van der Waals surface area contributed by atoms with Gasteiger partial charge in [-0.15, -0.1) is 0 Å². The first kappa shape index (κ1) is 10.1. The molecule has 1 aromatic rings. The normalized spacial score (nSPS) is 19.6. The molecule has 3 nitrogen and oxygen atoms in total. The maximum atomic E-state index is 10.4. The summed E-state index contributed by atoms with van der Waals surface area (Å²) in [7, 11) is 0. The highest BCUT2D eigenvalue weighted by Crippen LogP contribution is 2.33. The Morgan fingerprint density at radius 3 is 3.00 bits per heavy atom. The van der Waals surface area contributed by atoms with Crippen molar-refractivity contribution in [2.75, 3.05) is 6.54 Å². The number of hydrogen-bond donors (Lipinski definition) is 0. The van der Waals surface area contributed by atoms with Gasteiger partial charge in [-0.25, -0.2) is 0 Å². The van der Waals surface area contributed by atoms with E-state index in [1.165, 1.54) is 17.5 Å². The van der Waals surface area contributed by atoms with Gasteiger partial charge in [-0.2, -0.15) is 0 Å². The smallest absolute Gasteiger partial charge is 0.204 e. The molecule has 3 heteroatoms. The average molecular weight is 205 g/mol. The first-order chi connectivity index (χ1) is 7.27. The van der Waals surface area contributed by atoms with E-state index in [2.05, 4.69) is 18.2 Å². The fraction of sp³-hybridized carbons (Fsp3) is 0.500. The fourth-order valence-electron chi connectivity index (χ4n) is 2.42. The summed E-state index contributed by atoms with van der Waals surface area (Å²) < 4.78 is 0. The lowest BCUT2D eigenvalue weighted by molar-refractivity contribution is -0.481. The van der Waals surface area contributed by atoms with E-state index in [4.69, 9.17) is 0 Å². The average Bonchev–Trinajstić information content (AvgIpc) is 2.26. The third-order valence-corrected chi connectivity index (χ3v) is 3.15. The third-order valence-electron chi connectivity index (χ3n) is 3.15. The molecule has 0 amide bonds. The van der Waals surface area contributed by atoms with Crippen LogP contribution in [0, 0.1) is 10.1 Å². The largest absolute Gasteiger partial charge is 0.265 e. The maximum Gasteiger partial charge on any atom is 0.204 e. The Kier molecular flexibility index (Phi) is 2.99. The van der Waals surface area contributed by atoms with Crippen molar-refractivity contribution in [2.45, 2.75) is 31.6 Å². The van der Waals surface area contributed by atoms with Crippen molar-refractivity contribution in [3.05, 3.63) is 45.5 Å². The number of hydrogen-bond acceptors (Lipinski definition) is 2. The van der Waals surface area contributed by atoms with Gasteiger partial charge < -0.3 is 0 Å². The lowest BCUT2D eigenvalue weighted by Crippen LogP contribution is -2.13. The molecule has 0 saturated heterocycles. The molecule has 1 aromatic carbocycles. The van der Waals surface area contributed by atoms with E-state index in [0.29, 0.717) is 12.3 Å². The molecule has 0 bridgehead atoms. The second kappa shape index (κ2) is 4.43. The summed E-state index contributed by atoms with van der Waals surface area (Å²) >= 11 is 0. The third kappa shape index (κ3) is 2.35. The monoisotopic (exact) mass is 205 g/mol. The van der Waals surface area contributed by atoms with E-state index in [1.54, 1.807) is 0 Å². The molecular weight excluding hydrogens is 190 g/mol. The van der Waals surface area contributed by atoms with Gasteiger partial charge in [-0.3, -0.25) is 10.1 Å². The Morgan fingerprint density at radius 2 is 2.20 bits per heavy atom. The number of nitro groups is 1. The van der Waals surface area contributed by atoms with E-state index in [-0.39, 0.29) is 11.5 Å². The number of fused-ring (bicyclic) bond motifs is 1. The topological polar surface area (TPSA) is 43.1 Å². The zero-order valence-electron chi connectivity index (χ0n) is 8.69. The second-order valence-corrected chi connectivity index (χ2v) is 4.13. The van der Waals surface area contributed by atoms with Gasteiger partial charge in [0.05, 0.1) is 0 Å². The first-order valence-electron chi connectivity index (χ1n) is 5.47. The molecule has 15 heavy (non-hydrogen) atoms. The number of nitrogens with zero attached hydrogens (tertiary/aromatic N) is 1. The summed E-state index contributed by atoms with van der Waals surface area (Å²) in [4.78, 5) is 10.1. The fourth-order valence-corrected chi connectivity index (χ4v) is 2.42. The van der Waals surface area contributed by atoms with Gasteiger partial charge in [0, 0.05) is 11.3 Å². The highest BCUT2D eigenvalue weighted by atomic mass is 16.6. The highest BCUT2D eigenvalue weighted by molar-refractivity contribution is 5.32. The molecule has 80 valence electrons. The lowest BCUT2D eigenvalue weighted by Gasteiger charge is -2.24. The Labute approximate surface area is 89.3 Å². The van der Waals surface area contributed by atoms with Crippen molar-refractivity contribution in [1.29, 1.82) is 0 Å². The van der Waals surface area contributed by atoms with Crippen molar-refractivity contribution < 1.29 is 4.92 Å². The van der Waals surface area contributed by atoms with E-state index < -0.39 is 0 Å². The SMILES string of the molecule is O=[N+]([O-])CCC1CCCc2ccccc21. The minimum atomic E-state index is -0.211. The first-order valence-corrected chi connectivity index (χ1v) is 5.47. The van der Waals surface area contributed by atoms with E-state index in [1.807, 2.05) is 6.07 Å². The number of aryl methyl sites for hydroxylation is 1. The summed E-state index contributed by atoms with van der Waals surface area (Å²) in [6.07, 6.45) is 4.08. The molecule has 0 aromatic heterocycles. The molecule has 1 unspecified atom stereocenters. The minimum Gasteiger partial charge on any atom is -0.265 e. The quantitative estimate of drug-likeness (QED) is 0.562. The van der Waals surface area contributed by atoms with Crippen LogP contribution in [-0.4, -0.2) is 11.5 Å². The summed E-state index contributed by atoms with van der Waals surface area (Å²) in [5.74, 6) is 0.403. The lowest BCUT2D eigenvalue weighted by atomic mass is 9.81. The van der Waals surface area contributed by atoms with E-state index in [0.717, 1.165) is 12.8 Å². The molecule has 0 N–H and O–H groups in total. The second-order valence-electron chi connectivity index (χ2n) is 4.13. The van der Waals surface area contributed by atoms with Crippen LogP contribution < -0.4 is 0 Å². The van der Waals surface area contributed by atoms with Crippen molar-refractivity contribution in [3.63, 3.8) is 0 Å². The van der Waals surface area contributed by atoms with E-state index >= 15 is 0 Å². The van der Waals surface area contributed by atoms with Crippen LogP contribution in [-0.2, 0) is 6.42 Å². The van der Waals surface area contributed by atoms with Crippen LogP contribution >= 0.6 is 0 Å². The van der Waals surface area contributed by atoms with Crippen LogP contribution in [0.1, 0.15) is 36.3 Å². The predicted octanol–water partition coefficient (Wildman–Crippen LogP) is 2.77. The van der Waals surface area contributed by atoms with Gasteiger partial charge in [-0.05, 0) is 36.3 Å². The molecule has 1 aliphatic carbocycles. The molecule has 0 aliphatic heterocycles. The zero-order valence-corrected chi connectivity index (χ0v) is 8.69. The minimum absolute atomic E-state index is 0.0962. The summed E-state index contributed by atoms with van der Waals surface area (Å²) in [6, 6.07) is 8.35. The standard InChI is InChI=1S/C12H15NO2/c14-13(15)9-8-11-6-3-5-10-4-1-2-7-12(10)11/h1-2,4,7,11H,3,5-6,8-9H2. The Bertz CT molecular complexity index is 362. The van der Waals surface area contributed by atoms with Gasteiger partial charge in [-0.1, -0.05) is 24.3 Å². The Hall–Kier alpha value is -1.38. The van der Waals surface area contributed by atoms with Crippen LogP contribution in [0.2, 0.25) is 0 Å². The van der Waals surface area contributed by atoms with Gasteiger partial charge >= 0.3 is 0 Å². The van der Waals surface area contributed by atoms with Gasteiger partial charge in [0.15, 0.2) is 0 Å². The van der Waals surface area contributed by atoms with Crippen LogP contribution in [0.5, 0.6) is 0 Å². The molecule has 1 aliphatic rings. The molecule has 0 heterocycles. The summed E-state index contributed by atoms with van der Waals surface area (Å²) in [5.41, 5.74) is 2.72. The van der Waals surface area contributed by atoms with Crippen molar-refractivity contribution >= 4 is 0 Å². The van der Waals surface area contributed by atoms with E-state index in [9.17, 15) is 10.1 Å². The summed E-state index contributed by atoms with van der Waals surface area (Å²) in [6.45, 7) is 0.0962. The molecule has 1 atom stereocenters. The van der Waals surface area contributed by atoms with Crippen molar-refractivity contribution in [2.24, 2.45) is 0 Å². The van der Waals surface area contributed by atoms with Crippen LogP contribution in [0.25, 0.3) is 0 Å². The van der Waals surface area contributed by atoms with Gasteiger partial charge in [0.25, 0.3) is 0 Å². The van der Waals surface area contributed by atoms with Crippen molar-refractivity contribution in [3.8, 4) is 0 Å². The van der Waals surface area contributed by atoms with Crippen molar-refractivity contribution in [1.82, 2.24) is 0 Å². The number of rotatable bonds is 3. The predicted molar refractivity (Wildman–Crippen MR) is 58.6 cm³/mol. The molecule has 0 radical (unpaired) electrons. The molecule has 0 saturated carbocycles. The molecular formula is C12H15NO2. The maximum absolute atomic E-state index is 10.4. The van der Waals surface area contributed by atoms with Crippen LogP contribution in [0.15, 0.2) is 24.3 Å².